The number of hydrogen-bond acceptors (Lipinski definition) is 3. The van der Waals surface area contributed by atoms with Crippen molar-refractivity contribution in [3.05, 3.63) is 65.6 Å². The van der Waals surface area contributed by atoms with Crippen LogP contribution in [-0.2, 0) is 0 Å². The van der Waals surface area contributed by atoms with Crippen LogP contribution in [0.25, 0.3) is 10.9 Å². The molecule has 0 aliphatic heterocycles. The number of anilines is 2. The van der Waals surface area contributed by atoms with Gasteiger partial charge in [-0.25, -0.2) is 4.39 Å². The normalized spacial score (nSPS) is 10.7. The Kier molecular flexibility index (Phi) is 4.16. The number of nitrogens with one attached hydrogen (secondary N) is 1. The molecule has 0 radical (unpaired) electrons. The van der Waals surface area contributed by atoms with Gasteiger partial charge < -0.3 is 10.2 Å². The number of carbonyl (C=O) groups is 1. The van der Waals surface area contributed by atoms with E-state index in [9.17, 15) is 9.18 Å². The fraction of sp³-hybridized carbons (Fsp3) is 0.158. The van der Waals surface area contributed by atoms with E-state index in [0.717, 1.165) is 10.9 Å². The van der Waals surface area contributed by atoms with E-state index in [1.165, 1.54) is 12.1 Å². The minimum Gasteiger partial charge on any atom is -0.378 e. The molecule has 122 valence electrons. The van der Waals surface area contributed by atoms with Crippen LogP contribution in [0.3, 0.4) is 0 Å². The van der Waals surface area contributed by atoms with Gasteiger partial charge in [-0.2, -0.15) is 0 Å². The number of nitrogens with zero attached hydrogens (tertiary/aromatic N) is 2. The molecule has 0 saturated carbocycles. The molecule has 0 atom stereocenters. The Bertz CT molecular complexity index is 922. The zero-order chi connectivity index (χ0) is 17.3. The van der Waals surface area contributed by atoms with Crippen LogP contribution in [0, 0.1) is 12.7 Å². The molecule has 2 aromatic carbocycles. The number of benzene rings is 2. The highest BCUT2D eigenvalue weighted by Crippen LogP contribution is 2.23. The molecule has 0 saturated heterocycles. The highest BCUT2D eigenvalue weighted by molar-refractivity contribution is 6.12. The Balaban J connectivity index is 1.98. The van der Waals surface area contributed by atoms with Gasteiger partial charge in [0, 0.05) is 37.1 Å². The van der Waals surface area contributed by atoms with Crippen molar-refractivity contribution in [2.75, 3.05) is 24.3 Å². The van der Waals surface area contributed by atoms with Crippen LogP contribution in [0.1, 0.15) is 15.9 Å². The predicted molar refractivity (Wildman–Crippen MR) is 95.2 cm³/mol. The van der Waals surface area contributed by atoms with E-state index in [0.29, 0.717) is 22.5 Å². The van der Waals surface area contributed by atoms with Crippen LogP contribution < -0.4 is 10.2 Å². The van der Waals surface area contributed by atoms with Crippen LogP contribution in [0.4, 0.5) is 15.8 Å². The summed E-state index contributed by atoms with van der Waals surface area (Å²) in [5.41, 5.74) is 3.24. The van der Waals surface area contributed by atoms with Gasteiger partial charge in [0.1, 0.15) is 5.82 Å². The molecule has 1 heterocycles. The summed E-state index contributed by atoms with van der Waals surface area (Å²) in [5.74, 6) is -0.711. The third kappa shape index (κ3) is 3.06. The molecule has 0 unspecified atom stereocenters. The molecule has 0 bridgehead atoms. The molecule has 0 aliphatic rings. The maximum absolute atomic E-state index is 13.8. The first kappa shape index (κ1) is 15.9. The zero-order valence-corrected chi connectivity index (χ0v) is 13.8. The van der Waals surface area contributed by atoms with E-state index in [-0.39, 0.29) is 5.91 Å². The monoisotopic (exact) mass is 323 g/mol. The quantitative estimate of drug-likeness (QED) is 0.792. The second kappa shape index (κ2) is 6.28. The minimum atomic E-state index is -0.400. The van der Waals surface area contributed by atoms with Gasteiger partial charge in [0.25, 0.3) is 5.91 Å². The standard InChI is InChI=1S/C19H18FN3O/c1-12-6-7-17(18-16(12)5-4-8-21-18)19(24)22-14-9-13(20)10-15(11-14)23(2)3/h4-11H,1-3H3,(H,22,24). The minimum absolute atomic E-state index is 0.311. The Labute approximate surface area is 139 Å². The number of hydrogen-bond donors (Lipinski definition) is 1. The lowest BCUT2D eigenvalue weighted by atomic mass is 10.0. The molecule has 5 heteroatoms. The molecule has 1 N–H and O–H groups in total. The van der Waals surface area contributed by atoms with Crippen LogP contribution in [0.5, 0.6) is 0 Å². The number of carbonyl (C=O) groups excluding carboxylic acids is 1. The molecule has 0 fully saturated rings. The van der Waals surface area contributed by atoms with Crippen molar-refractivity contribution in [2.24, 2.45) is 0 Å². The highest BCUT2D eigenvalue weighted by atomic mass is 19.1. The number of halogens is 1. The highest BCUT2D eigenvalue weighted by Gasteiger charge is 2.13. The van der Waals surface area contributed by atoms with Crippen LogP contribution in [0.2, 0.25) is 0 Å². The van der Waals surface area contributed by atoms with Crippen molar-refractivity contribution in [2.45, 2.75) is 6.92 Å². The second-order valence-corrected chi connectivity index (χ2v) is 5.88. The lowest BCUT2D eigenvalue weighted by Gasteiger charge is -2.15. The molecule has 3 aromatic rings. The maximum atomic E-state index is 13.8. The molecule has 0 spiro atoms. The van der Waals surface area contributed by atoms with Gasteiger partial charge in [-0.3, -0.25) is 9.78 Å². The Morgan fingerprint density at radius 2 is 1.96 bits per heavy atom. The number of aromatic nitrogens is 1. The number of rotatable bonds is 3. The second-order valence-electron chi connectivity index (χ2n) is 5.88. The van der Waals surface area contributed by atoms with E-state index < -0.39 is 5.82 Å². The van der Waals surface area contributed by atoms with E-state index >= 15 is 0 Å². The Hall–Kier alpha value is -2.95. The van der Waals surface area contributed by atoms with Gasteiger partial charge in [-0.05, 0) is 42.8 Å². The molecule has 3 rings (SSSR count). The largest absolute Gasteiger partial charge is 0.378 e. The summed E-state index contributed by atoms with van der Waals surface area (Å²) in [6.07, 6.45) is 1.66. The molecule has 1 amide bonds. The fourth-order valence-corrected chi connectivity index (χ4v) is 2.60. The van der Waals surface area contributed by atoms with Crippen LogP contribution >= 0.6 is 0 Å². The summed E-state index contributed by atoms with van der Waals surface area (Å²) in [7, 11) is 3.63. The van der Waals surface area contributed by atoms with Crippen molar-refractivity contribution >= 4 is 28.2 Å². The Morgan fingerprint density at radius 3 is 2.71 bits per heavy atom. The predicted octanol–water partition coefficient (Wildman–Crippen LogP) is 4.00. The summed E-state index contributed by atoms with van der Waals surface area (Å²) in [5, 5.41) is 3.69. The van der Waals surface area contributed by atoms with Crippen molar-refractivity contribution in [3.8, 4) is 0 Å². The summed E-state index contributed by atoms with van der Waals surface area (Å²) in [6.45, 7) is 1.97. The number of fused-ring (bicyclic) bond motifs is 1. The third-order valence-electron chi connectivity index (χ3n) is 3.89. The van der Waals surface area contributed by atoms with Crippen LogP contribution in [-0.4, -0.2) is 25.0 Å². The average molecular weight is 323 g/mol. The average Bonchev–Trinajstić information content (AvgIpc) is 2.54. The summed E-state index contributed by atoms with van der Waals surface area (Å²) >= 11 is 0. The molecule has 0 aliphatic carbocycles. The van der Waals surface area contributed by atoms with Crippen molar-refractivity contribution < 1.29 is 9.18 Å². The molecular weight excluding hydrogens is 305 g/mol. The maximum Gasteiger partial charge on any atom is 0.257 e. The summed E-state index contributed by atoms with van der Waals surface area (Å²) < 4.78 is 13.8. The van der Waals surface area contributed by atoms with Gasteiger partial charge in [-0.1, -0.05) is 12.1 Å². The van der Waals surface area contributed by atoms with Crippen molar-refractivity contribution in [3.63, 3.8) is 0 Å². The molecule has 4 nitrogen and oxygen atoms in total. The summed E-state index contributed by atoms with van der Waals surface area (Å²) in [6, 6.07) is 11.8. The lowest BCUT2D eigenvalue weighted by molar-refractivity contribution is 0.102. The fourth-order valence-electron chi connectivity index (χ4n) is 2.60. The zero-order valence-electron chi connectivity index (χ0n) is 13.8. The molecular formula is C19H18FN3O. The van der Waals surface area contributed by atoms with Crippen molar-refractivity contribution in [1.29, 1.82) is 0 Å². The van der Waals surface area contributed by atoms with E-state index in [1.54, 1.807) is 23.2 Å². The van der Waals surface area contributed by atoms with Gasteiger partial charge in [-0.15, -0.1) is 0 Å². The van der Waals surface area contributed by atoms with Crippen molar-refractivity contribution in [1.82, 2.24) is 4.98 Å². The van der Waals surface area contributed by atoms with E-state index in [2.05, 4.69) is 10.3 Å². The molecule has 1 aromatic heterocycles. The van der Waals surface area contributed by atoms with Gasteiger partial charge in [0.2, 0.25) is 0 Å². The summed E-state index contributed by atoms with van der Waals surface area (Å²) in [4.78, 5) is 18.7. The first-order chi connectivity index (χ1) is 11.5. The third-order valence-corrected chi connectivity index (χ3v) is 3.89. The number of pyridine rings is 1. The van der Waals surface area contributed by atoms with E-state index in [4.69, 9.17) is 0 Å². The first-order valence-corrected chi connectivity index (χ1v) is 7.59. The topological polar surface area (TPSA) is 45.2 Å². The molecule has 24 heavy (non-hydrogen) atoms. The van der Waals surface area contributed by atoms with Gasteiger partial charge in [0.15, 0.2) is 0 Å². The SMILES string of the molecule is Cc1ccc(C(=O)Nc2cc(F)cc(N(C)C)c2)c2ncccc12. The first-order valence-electron chi connectivity index (χ1n) is 7.59. The lowest BCUT2D eigenvalue weighted by Crippen LogP contribution is -2.14. The van der Waals surface area contributed by atoms with Gasteiger partial charge >= 0.3 is 0 Å². The Morgan fingerprint density at radius 1 is 1.17 bits per heavy atom. The van der Waals surface area contributed by atoms with E-state index in [1.807, 2.05) is 39.2 Å². The smallest absolute Gasteiger partial charge is 0.257 e. The number of amides is 1. The van der Waals surface area contributed by atoms with Gasteiger partial charge in [0.05, 0.1) is 11.1 Å². The van der Waals surface area contributed by atoms with Crippen LogP contribution in [0.15, 0.2) is 48.7 Å². The number of aryl methyl sites for hydroxylation is 1.